The highest BCUT2D eigenvalue weighted by Gasteiger charge is 2.28. The maximum atomic E-state index is 12.3. The van der Waals surface area contributed by atoms with E-state index in [-0.39, 0.29) is 19.3 Å². The van der Waals surface area contributed by atoms with Gasteiger partial charge in [-0.15, -0.1) is 0 Å². The van der Waals surface area contributed by atoms with Crippen LogP contribution in [0.3, 0.4) is 0 Å². The molecule has 0 aromatic carbocycles. The van der Waals surface area contributed by atoms with E-state index in [2.05, 4.69) is 20.6 Å². The highest BCUT2D eigenvalue weighted by molar-refractivity contribution is 5.91. The number of carbonyl (C=O) groups is 4. The van der Waals surface area contributed by atoms with Crippen LogP contribution in [0.1, 0.15) is 25.5 Å². The molecule has 11 heteroatoms. The normalized spacial score (nSPS) is 14.2. The maximum Gasteiger partial charge on any atom is 0.326 e. The number of nitrogens with zero attached hydrogens (tertiary/aromatic N) is 1. The Labute approximate surface area is 143 Å². The van der Waals surface area contributed by atoms with Crippen LogP contribution >= 0.6 is 0 Å². The van der Waals surface area contributed by atoms with Crippen LogP contribution in [0.2, 0.25) is 0 Å². The first-order valence-electron chi connectivity index (χ1n) is 7.49. The van der Waals surface area contributed by atoms with Crippen molar-refractivity contribution in [1.29, 1.82) is 0 Å². The van der Waals surface area contributed by atoms with Crippen LogP contribution in [0.25, 0.3) is 0 Å². The second-order valence-corrected chi connectivity index (χ2v) is 5.46. The van der Waals surface area contributed by atoms with Gasteiger partial charge in [-0.1, -0.05) is 0 Å². The highest BCUT2D eigenvalue weighted by Crippen LogP contribution is 2.03. The van der Waals surface area contributed by atoms with Gasteiger partial charge in [0, 0.05) is 24.7 Å². The number of nitrogens with two attached hydrogens (primary N) is 1. The van der Waals surface area contributed by atoms with Crippen molar-refractivity contribution in [3.8, 4) is 0 Å². The lowest BCUT2D eigenvalue weighted by Crippen LogP contribution is -2.54. The van der Waals surface area contributed by atoms with E-state index in [1.54, 1.807) is 0 Å². The molecule has 0 aliphatic rings. The number of aromatic nitrogens is 2. The molecule has 25 heavy (non-hydrogen) atoms. The second kappa shape index (κ2) is 9.37. The van der Waals surface area contributed by atoms with Crippen molar-refractivity contribution >= 4 is 23.8 Å². The molecular formula is C14H21N5O6. The molecule has 0 unspecified atom stereocenters. The van der Waals surface area contributed by atoms with Gasteiger partial charge < -0.3 is 31.6 Å². The third kappa shape index (κ3) is 6.99. The van der Waals surface area contributed by atoms with Gasteiger partial charge in [0.2, 0.25) is 11.8 Å². The standard InChI is InChI=1S/C14H21N5O6/c1-7(15)12(22)18-9(2-3-11(20)21)13(23)19-10(14(24)25)4-8-5-16-6-17-8/h5-7,9-10H,2-4,15H2,1H3,(H,16,17)(H,18,22)(H,19,23)(H,20,21)(H,24,25)/t7-,9-,10-/m0/s1. The molecule has 138 valence electrons. The van der Waals surface area contributed by atoms with E-state index in [4.69, 9.17) is 10.8 Å². The summed E-state index contributed by atoms with van der Waals surface area (Å²) in [5, 5.41) is 22.6. The van der Waals surface area contributed by atoms with Crippen LogP contribution in [0.15, 0.2) is 12.5 Å². The van der Waals surface area contributed by atoms with Gasteiger partial charge in [-0.25, -0.2) is 9.78 Å². The number of carboxylic acid groups (broad SMARTS) is 2. The Hall–Kier alpha value is -2.95. The van der Waals surface area contributed by atoms with E-state index >= 15 is 0 Å². The Balaban J connectivity index is 2.79. The summed E-state index contributed by atoms with van der Waals surface area (Å²) < 4.78 is 0. The molecule has 1 heterocycles. The first kappa shape index (κ1) is 20.1. The zero-order valence-corrected chi connectivity index (χ0v) is 13.6. The predicted molar refractivity (Wildman–Crippen MR) is 84.3 cm³/mol. The number of rotatable bonds is 10. The minimum Gasteiger partial charge on any atom is -0.481 e. The third-order valence-electron chi connectivity index (χ3n) is 3.29. The van der Waals surface area contributed by atoms with Crippen LogP contribution in [0, 0.1) is 0 Å². The zero-order valence-electron chi connectivity index (χ0n) is 13.6. The molecule has 0 fully saturated rings. The number of aromatic amines is 1. The summed E-state index contributed by atoms with van der Waals surface area (Å²) in [6, 6.07) is -3.38. The molecule has 2 amide bonds. The minimum atomic E-state index is -1.28. The smallest absolute Gasteiger partial charge is 0.326 e. The fourth-order valence-corrected chi connectivity index (χ4v) is 1.93. The monoisotopic (exact) mass is 355 g/mol. The average Bonchev–Trinajstić information content (AvgIpc) is 3.02. The number of hydrogen-bond donors (Lipinski definition) is 6. The van der Waals surface area contributed by atoms with Crippen LogP contribution in [0.5, 0.6) is 0 Å². The summed E-state index contributed by atoms with van der Waals surface area (Å²) >= 11 is 0. The van der Waals surface area contributed by atoms with E-state index < -0.39 is 41.9 Å². The van der Waals surface area contributed by atoms with E-state index in [0.29, 0.717) is 5.69 Å². The molecule has 0 radical (unpaired) electrons. The van der Waals surface area contributed by atoms with Crippen molar-refractivity contribution in [2.24, 2.45) is 5.73 Å². The van der Waals surface area contributed by atoms with E-state index in [0.717, 1.165) is 0 Å². The van der Waals surface area contributed by atoms with E-state index in [1.807, 2.05) is 0 Å². The molecule has 1 rings (SSSR count). The fourth-order valence-electron chi connectivity index (χ4n) is 1.93. The second-order valence-electron chi connectivity index (χ2n) is 5.46. The van der Waals surface area contributed by atoms with Gasteiger partial charge in [0.1, 0.15) is 12.1 Å². The number of nitrogens with one attached hydrogen (secondary N) is 3. The lowest BCUT2D eigenvalue weighted by Gasteiger charge is -2.21. The van der Waals surface area contributed by atoms with Crippen LogP contribution < -0.4 is 16.4 Å². The number of amides is 2. The quantitative estimate of drug-likeness (QED) is 0.284. The SMILES string of the molecule is C[C@H](N)C(=O)N[C@@H](CCC(=O)O)C(=O)N[C@@H](Cc1cnc[nH]1)C(=O)O. The summed E-state index contributed by atoms with van der Waals surface area (Å²) in [7, 11) is 0. The number of H-pyrrole nitrogens is 1. The molecule has 1 aromatic rings. The Bertz CT molecular complexity index is 615. The molecule has 0 saturated heterocycles. The Morgan fingerprint density at radius 1 is 1.20 bits per heavy atom. The Morgan fingerprint density at radius 3 is 2.32 bits per heavy atom. The third-order valence-corrected chi connectivity index (χ3v) is 3.29. The first-order chi connectivity index (χ1) is 11.7. The average molecular weight is 355 g/mol. The summed E-state index contributed by atoms with van der Waals surface area (Å²) in [5.74, 6) is -3.88. The van der Waals surface area contributed by atoms with Gasteiger partial charge in [0.25, 0.3) is 0 Å². The topological polar surface area (TPSA) is 188 Å². The van der Waals surface area contributed by atoms with Crippen molar-refractivity contribution in [3.05, 3.63) is 18.2 Å². The van der Waals surface area contributed by atoms with Gasteiger partial charge in [0.15, 0.2) is 0 Å². The molecule has 0 bridgehead atoms. The summed E-state index contributed by atoms with van der Waals surface area (Å²) in [6.45, 7) is 1.40. The molecule has 0 aliphatic carbocycles. The number of carboxylic acids is 2. The van der Waals surface area contributed by atoms with Crippen molar-refractivity contribution in [2.45, 2.75) is 44.3 Å². The molecule has 0 aliphatic heterocycles. The molecule has 3 atom stereocenters. The van der Waals surface area contributed by atoms with Crippen LogP contribution in [-0.4, -0.2) is 62.1 Å². The Kier molecular flexibility index (Phi) is 7.53. The van der Waals surface area contributed by atoms with Gasteiger partial charge in [0.05, 0.1) is 12.4 Å². The fraction of sp³-hybridized carbons (Fsp3) is 0.500. The van der Waals surface area contributed by atoms with E-state index in [1.165, 1.54) is 19.4 Å². The number of aliphatic carboxylic acids is 2. The Morgan fingerprint density at radius 2 is 1.84 bits per heavy atom. The highest BCUT2D eigenvalue weighted by atomic mass is 16.4. The van der Waals surface area contributed by atoms with Gasteiger partial charge in [-0.2, -0.15) is 0 Å². The van der Waals surface area contributed by atoms with Crippen molar-refractivity contribution in [1.82, 2.24) is 20.6 Å². The summed E-state index contributed by atoms with van der Waals surface area (Å²) in [4.78, 5) is 52.5. The number of imidazole rings is 1. The van der Waals surface area contributed by atoms with Crippen molar-refractivity contribution in [3.63, 3.8) is 0 Å². The van der Waals surface area contributed by atoms with E-state index in [9.17, 15) is 24.3 Å². The first-order valence-corrected chi connectivity index (χ1v) is 7.49. The lowest BCUT2D eigenvalue weighted by molar-refractivity contribution is -0.143. The van der Waals surface area contributed by atoms with Gasteiger partial charge >= 0.3 is 11.9 Å². The van der Waals surface area contributed by atoms with Crippen molar-refractivity contribution in [2.75, 3.05) is 0 Å². The minimum absolute atomic E-state index is 0.0477. The predicted octanol–water partition coefficient (Wildman–Crippen LogP) is -1.78. The van der Waals surface area contributed by atoms with Gasteiger partial charge in [-0.05, 0) is 13.3 Å². The number of hydrogen-bond acceptors (Lipinski definition) is 6. The molecular weight excluding hydrogens is 334 g/mol. The molecule has 0 spiro atoms. The molecule has 7 N–H and O–H groups in total. The molecule has 11 nitrogen and oxygen atoms in total. The molecule has 0 saturated carbocycles. The largest absolute Gasteiger partial charge is 0.481 e. The summed E-state index contributed by atoms with van der Waals surface area (Å²) in [6.07, 6.45) is 2.16. The van der Waals surface area contributed by atoms with Crippen LogP contribution in [-0.2, 0) is 25.6 Å². The number of carbonyl (C=O) groups excluding carboxylic acids is 2. The zero-order chi connectivity index (χ0) is 19.0. The lowest BCUT2D eigenvalue weighted by atomic mass is 10.1. The summed E-state index contributed by atoms with van der Waals surface area (Å²) in [5.41, 5.74) is 5.91. The van der Waals surface area contributed by atoms with Crippen molar-refractivity contribution < 1.29 is 29.4 Å². The molecule has 1 aromatic heterocycles. The van der Waals surface area contributed by atoms with Gasteiger partial charge in [-0.3, -0.25) is 14.4 Å². The maximum absolute atomic E-state index is 12.3. The van der Waals surface area contributed by atoms with Crippen LogP contribution in [0.4, 0.5) is 0 Å².